The summed E-state index contributed by atoms with van der Waals surface area (Å²) in [5.41, 5.74) is 8.74. The summed E-state index contributed by atoms with van der Waals surface area (Å²) in [6.45, 7) is 6.52. The largest absolute Gasteiger partial charge is 0.241 e. The first-order chi connectivity index (χ1) is 12.6. The molecule has 1 nitrogen and oxygen atoms in total. The molecule has 0 fully saturated rings. The highest BCUT2D eigenvalue weighted by molar-refractivity contribution is 7.18. The number of benzene rings is 3. The van der Waals surface area contributed by atoms with Crippen molar-refractivity contribution in [3.05, 3.63) is 89.6 Å². The fourth-order valence-electron chi connectivity index (χ4n) is 3.45. The van der Waals surface area contributed by atoms with Crippen molar-refractivity contribution in [2.24, 2.45) is 0 Å². The molecule has 128 valence electrons. The summed E-state index contributed by atoms with van der Waals surface area (Å²) >= 11 is 1.78. The zero-order valence-corrected chi connectivity index (χ0v) is 16.1. The van der Waals surface area contributed by atoms with Gasteiger partial charge in [-0.05, 0) is 48.6 Å². The number of hydrogen-bond acceptors (Lipinski definition) is 2. The summed E-state index contributed by atoms with van der Waals surface area (Å²) < 4.78 is 0. The van der Waals surface area contributed by atoms with Crippen LogP contribution in [0.3, 0.4) is 0 Å². The van der Waals surface area contributed by atoms with E-state index in [4.69, 9.17) is 4.98 Å². The van der Waals surface area contributed by atoms with Gasteiger partial charge in [0.1, 0.15) is 5.01 Å². The summed E-state index contributed by atoms with van der Waals surface area (Å²) in [6.07, 6.45) is 0. The molecule has 0 bridgehead atoms. The van der Waals surface area contributed by atoms with E-state index in [2.05, 4.69) is 87.5 Å². The number of hydrogen-bond donors (Lipinski definition) is 0. The predicted molar refractivity (Wildman–Crippen MR) is 113 cm³/mol. The maximum Gasteiger partial charge on any atom is 0.124 e. The molecule has 26 heavy (non-hydrogen) atoms. The Hall–Kier alpha value is -2.71. The van der Waals surface area contributed by atoms with Crippen LogP contribution in [0.4, 0.5) is 0 Å². The standard InChI is InChI=1S/C24H21NS/c1-16-14-21(19-10-6-4-7-11-19)15-17(2)22(16)23-18(3)25-24(26-23)20-12-8-5-9-13-20/h4-15H,1-3H3. The van der Waals surface area contributed by atoms with Crippen molar-refractivity contribution in [1.29, 1.82) is 0 Å². The van der Waals surface area contributed by atoms with Gasteiger partial charge in [0, 0.05) is 5.56 Å². The first-order valence-electron chi connectivity index (χ1n) is 8.83. The van der Waals surface area contributed by atoms with Crippen molar-refractivity contribution < 1.29 is 0 Å². The molecule has 0 aliphatic carbocycles. The molecule has 4 aromatic rings. The molecule has 2 heteroatoms. The maximum atomic E-state index is 4.84. The van der Waals surface area contributed by atoms with Crippen LogP contribution in [0.25, 0.3) is 32.1 Å². The highest BCUT2D eigenvalue weighted by Crippen LogP contribution is 2.39. The van der Waals surface area contributed by atoms with Gasteiger partial charge >= 0.3 is 0 Å². The third-order valence-electron chi connectivity index (χ3n) is 4.68. The second-order valence-electron chi connectivity index (χ2n) is 6.65. The number of aromatic nitrogens is 1. The molecule has 0 saturated heterocycles. The minimum atomic E-state index is 1.09. The number of thiazole rings is 1. The van der Waals surface area contributed by atoms with Crippen LogP contribution < -0.4 is 0 Å². The molecule has 0 saturated carbocycles. The van der Waals surface area contributed by atoms with Crippen LogP contribution in [0.15, 0.2) is 72.8 Å². The zero-order valence-electron chi connectivity index (χ0n) is 15.3. The van der Waals surface area contributed by atoms with Crippen molar-refractivity contribution in [3.63, 3.8) is 0 Å². The molecule has 1 heterocycles. The Morgan fingerprint density at radius 3 is 1.77 bits per heavy atom. The second-order valence-corrected chi connectivity index (χ2v) is 7.65. The SMILES string of the molecule is Cc1cc(-c2ccccc2)cc(C)c1-c1sc(-c2ccccc2)nc1C. The van der Waals surface area contributed by atoms with E-state index in [0.717, 1.165) is 10.7 Å². The van der Waals surface area contributed by atoms with Gasteiger partial charge in [0.2, 0.25) is 0 Å². The topological polar surface area (TPSA) is 12.9 Å². The molecular formula is C24H21NS. The van der Waals surface area contributed by atoms with Crippen molar-refractivity contribution in [2.75, 3.05) is 0 Å². The van der Waals surface area contributed by atoms with Crippen LogP contribution in [0.1, 0.15) is 16.8 Å². The van der Waals surface area contributed by atoms with Gasteiger partial charge in [-0.25, -0.2) is 4.98 Å². The first kappa shape index (κ1) is 16.7. The Balaban J connectivity index is 1.81. The van der Waals surface area contributed by atoms with E-state index in [1.807, 2.05) is 6.07 Å². The normalized spacial score (nSPS) is 10.9. The van der Waals surface area contributed by atoms with Gasteiger partial charge in [-0.15, -0.1) is 11.3 Å². The van der Waals surface area contributed by atoms with Crippen LogP contribution in [-0.4, -0.2) is 4.98 Å². The van der Waals surface area contributed by atoms with E-state index in [0.29, 0.717) is 0 Å². The monoisotopic (exact) mass is 355 g/mol. The van der Waals surface area contributed by atoms with Crippen molar-refractivity contribution in [1.82, 2.24) is 4.98 Å². The van der Waals surface area contributed by atoms with E-state index < -0.39 is 0 Å². The van der Waals surface area contributed by atoms with Gasteiger partial charge in [0.15, 0.2) is 0 Å². The number of nitrogens with zero attached hydrogens (tertiary/aromatic N) is 1. The molecule has 0 aliphatic rings. The summed E-state index contributed by atoms with van der Waals surface area (Å²) in [6, 6.07) is 25.6. The van der Waals surface area contributed by atoms with Gasteiger partial charge < -0.3 is 0 Å². The molecule has 0 atom stereocenters. The number of aryl methyl sites for hydroxylation is 3. The minimum Gasteiger partial charge on any atom is -0.241 e. The minimum absolute atomic E-state index is 1.09. The third-order valence-corrected chi connectivity index (χ3v) is 5.91. The molecule has 4 rings (SSSR count). The van der Waals surface area contributed by atoms with Crippen molar-refractivity contribution >= 4 is 11.3 Å². The molecule has 0 N–H and O–H groups in total. The lowest BCUT2D eigenvalue weighted by Gasteiger charge is -2.12. The zero-order chi connectivity index (χ0) is 18.1. The van der Waals surface area contributed by atoms with Crippen LogP contribution in [0, 0.1) is 20.8 Å². The lowest BCUT2D eigenvalue weighted by atomic mass is 9.94. The van der Waals surface area contributed by atoms with Gasteiger partial charge in [-0.3, -0.25) is 0 Å². The molecule has 3 aromatic carbocycles. The molecule has 0 spiro atoms. The van der Waals surface area contributed by atoms with E-state index in [1.165, 1.54) is 38.3 Å². The highest BCUT2D eigenvalue weighted by atomic mass is 32.1. The smallest absolute Gasteiger partial charge is 0.124 e. The van der Waals surface area contributed by atoms with Crippen LogP contribution >= 0.6 is 11.3 Å². The van der Waals surface area contributed by atoms with Crippen LogP contribution in [0.5, 0.6) is 0 Å². The molecule has 0 radical (unpaired) electrons. The average molecular weight is 356 g/mol. The predicted octanol–water partition coefficient (Wildman–Crippen LogP) is 7.07. The van der Waals surface area contributed by atoms with Crippen molar-refractivity contribution in [3.8, 4) is 32.1 Å². The number of rotatable bonds is 3. The fraction of sp³-hybridized carbons (Fsp3) is 0.125. The summed E-state index contributed by atoms with van der Waals surface area (Å²) in [5.74, 6) is 0. The Kier molecular flexibility index (Phi) is 4.44. The molecule has 1 aromatic heterocycles. The van der Waals surface area contributed by atoms with Crippen LogP contribution in [0.2, 0.25) is 0 Å². The summed E-state index contributed by atoms with van der Waals surface area (Å²) in [7, 11) is 0. The molecule has 0 amide bonds. The maximum absolute atomic E-state index is 4.84. The van der Waals surface area contributed by atoms with Crippen LogP contribution in [-0.2, 0) is 0 Å². The Morgan fingerprint density at radius 2 is 1.19 bits per heavy atom. The lowest BCUT2D eigenvalue weighted by molar-refractivity contribution is 1.26. The summed E-state index contributed by atoms with van der Waals surface area (Å²) in [4.78, 5) is 6.11. The first-order valence-corrected chi connectivity index (χ1v) is 9.65. The molecular weight excluding hydrogens is 334 g/mol. The lowest BCUT2D eigenvalue weighted by Crippen LogP contribution is -1.90. The van der Waals surface area contributed by atoms with Gasteiger partial charge in [-0.1, -0.05) is 72.8 Å². The average Bonchev–Trinajstić information content (AvgIpc) is 3.04. The van der Waals surface area contributed by atoms with Crippen molar-refractivity contribution in [2.45, 2.75) is 20.8 Å². The Morgan fingerprint density at radius 1 is 0.654 bits per heavy atom. The summed E-state index contributed by atoms with van der Waals surface area (Å²) in [5, 5.41) is 1.09. The van der Waals surface area contributed by atoms with E-state index >= 15 is 0 Å². The van der Waals surface area contributed by atoms with E-state index in [1.54, 1.807) is 11.3 Å². The molecule has 0 unspecified atom stereocenters. The Labute approximate surface area is 159 Å². The van der Waals surface area contributed by atoms with Gasteiger partial charge in [0.05, 0.1) is 10.6 Å². The fourth-order valence-corrected chi connectivity index (χ4v) is 4.70. The van der Waals surface area contributed by atoms with E-state index in [-0.39, 0.29) is 0 Å². The Bertz CT molecular complexity index is 1020. The molecule has 0 aliphatic heterocycles. The van der Waals surface area contributed by atoms with Gasteiger partial charge in [0.25, 0.3) is 0 Å². The highest BCUT2D eigenvalue weighted by Gasteiger charge is 2.16. The van der Waals surface area contributed by atoms with Gasteiger partial charge in [-0.2, -0.15) is 0 Å². The second kappa shape index (κ2) is 6.89. The quantitative estimate of drug-likeness (QED) is 0.383. The van der Waals surface area contributed by atoms with E-state index in [9.17, 15) is 0 Å². The third kappa shape index (κ3) is 3.09.